The van der Waals surface area contributed by atoms with Crippen molar-refractivity contribution in [1.82, 2.24) is 5.32 Å². The van der Waals surface area contributed by atoms with Gasteiger partial charge in [-0.3, -0.25) is 4.79 Å². The number of hydrogen-bond acceptors (Lipinski definition) is 5. The molecule has 0 radical (unpaired) electrons. The van der Waals surface area contributed by atoms with Crippen molar-refractivity contribution in [3.05, 3.63) is 84.4 Å². The molecule has 1 amide bonds. The van der Waals surface area contributed by atoms with E-state index in [1.807, 2.05) is 72.8 Å². The standard InChI is InChI=1S/C24H23NO5/c1-28-21-13-7-5-11-19(21)15-25-23(26)16-30-24(27)17-29-22-14-8-6-12-20(22)18-9-3-2-4-10-18/h2-14H,15-17H2,1H3,(H,25,26). The number of benzene rings is 3. The molecule has 0 heterocycles. The molecule has 3 rings (SSSR count). The normalized spacial score (nSPS) is 10.2. The van der Waals surface area contributed by atoms with E-state index in [1.54, 1.807) is 13.2 Å². The molecule has 3 aromatic carbocycles. The van der Waals surface area contributed by atoms with Gasteiger partial charge < -0.3 is 19.5 Å². The third-order valence-electron chi connectivity index (χ3n) is 4.35. The van der Waals surface area contributed by atoms with Gasteiger partial charge in [0.25, 0.3) is 5.91 Å². The van der Waals surface area contributed by atoms with Crippen molar-refractivity contribution in [2.75, 3.05) is 20.3 Å². The van der Waals surface area contributed by atoms with E-state index in [2.05, 4.69) is 5.32 Å². The molecule has 0 aliphatic carbocycles. The molecule has 6 heteroatoms. The average molecular weight is 405 g/mol. The number of esters is 1. The first kappa shape index (κ1) is 20.9. The Kier molecular flexibility index (Phi) is 7.44. The fourth-order valence-corrected chi connectivity index (χ4v) is 2.87. The summed E-state index contributed by atoms with van der Waals surface area (Å²) in [5, 5.41) is 2.70. The maximum atomic E-state index is 12.0. The fraction of sp³-hybridized carbons (Fsp3) is 0.167. The lowest BCUT2D eigenvalue weighted by atomic mass is 10.1. The van der Waals surface area contributed by atoms with Gasteiger partial charge in [-0.15, -0.1) is 0 Å². The highest BCUT2D eigenvalue weighted by Crippen LogP contribution is 2.29. The van der Waals surface area contributed by atoms with Crippen LogP contribution >= 0.6 is 0 Å². The topological polar surface area (TPSA) is 73.9 Å². The van der Waals surface area contributed by atoms with Gasteiger partial charge in [-0.1, -0.05) is 66.7 Å². The van der Waals surface area contributed by atoms with E-state index < -0.39 is 11.9 Å². The summed E-state index contributed by atoms with van der Waals surface area (Å²) in [7, 11) is 1.57. The van der Waals surface area contributed by atoms with Gasteiger partial charge in [-0.05, 0) is 17.7 Å². The number of rotatable bonds is 9. The second-order valence-corrected chi connectivity index (χ2v) is 6.40. The number of hydrogen-bond donors (Lipinski definition) is 1. The first-order valence-electron chi connectivity index (χ1n) is 9.49. The molecule has 0 saturated heterocycles. The van der Waals surface area contributed by atoms with E-state index in [0.717, 1.165) is 16.7 Å². The van der Waals surface area contributed by atoms with Gasteiger partial charge in [0.15, 0.2) is 13.2 Å². The molecule has 0 atom stereocenters. The second kappa shape index (κ2) is 10.7. The lowest BCUT2D eigenvalue weighted by Crippen LogP contribution is -2.29. The molecule has 30 heavy (non-hydrogen) atoms. The first-order valence-corrected chi connectivity index (χ1v) is 9.49. The zero-order valence-electron chi connectivity index (χ0n) is 16.7. The second-order valence-electron chi connectivity index (χ2n) is 6.40. The molecule has 0 aromatic heterocycles. The summed E-state index contributed by atoms with van der Waals surface area (Å²) in [6.45, 7) is -0.386. The van der Waals surface area contributed by atoms with Crippen LogP contribution in [0.4, 0.5) is 0 Å². The maximum Gasteiger partial charge on any atom is 0.344 e. The van der Waals surface area contributed by atoms with Crippen LogP contribution in [0.1, 0.15) is 5.56 Å². The van der Waals surface area contributed by atoms with Gasteiger partial charge in [-0.2, -0.15) is 0 Å². The van der Waals surface area contributed by atoms with Crippen LogP contribution in [0.2, 0.25) is 0 Å². The Balaban J connectivity index is 1.46. The summed E-state index contributed by atoms with van der Waals surface area (Å²) in [6, 6.07) is 24.5. The highest BCUT2D eigenvalue weighted by atomic mass is 16.6. The molecular formula is C24H23NO5. The van der Waals surface area contributed by atoms with E-state index >= 15 is 0 Å². The smallest absolute Gasteiger partial charge is 0.344 e. The van der Waals surface area contributed by atoms with Crippen LogP contribution in [0.25, 0.3) is 11.1 Å². The summed E-state index contributed by atoms with van der Waals surface area (Å²) < 4.78 is 15.9. The van der Waals surface area contributed by atoms with Crippen molar-refractivity contribution in [2.24, 2.45) is 0 Å². The average Bonchev–Trinajstić information content (AvgIpc) is 2.81. The van der Waals surface area contributed by atoms with Crippen molar-refractivity contribution in [1.29, 1.82) is 0 Å². The highest BCUT2D eigenvalue weighted by Gasteiger charge is 2.11. The highest BCUT2D eigenvalue weighted by molar-refractivity contribution is 5.81. The van der Waals surface area contributed by atoms with Crippen LogP contribution in [0.15, 0.2) is 78.9 Å². The van der Waals surface area contributed by atoms with Crippen LogP contribution in [-0.4, -0.2) is 32.2 Å². The van der Waals surface area contributed by atoms with Crippen molar-refractivity contribution in [3.63, 3.8) is 0 Å². The number of amides is 1. The van der Waals surface area contributed by atoms with E-state index in [4.69, 9.17) is 14.2 Å². The molecule has 0 saturated carbocycles. The summed E-state index contributed by atoms with van der Waals surface area (Å²) >= 11 is 0. The summed E-state index contributed by atoms with van der Waals surface area (Å²) in [5.74, 6) is 0.228. The molecule has 0 bridgehead atoms. The summed E-state index contributed by atoms with van der Waals surface area (Å²) in [4.78, 5) is 24.0. The van der Waals surface area contributed by atoms with Crippen molar-refractivity contribution in [2.45, 2.75) is 6.54 Å². The van der Waals surface area contributed by atoms with Crippen LogP contribution in [-0.2, 0) is 20.9 Å². The van der Waals surface area contributed by atoms with E-state index in [0.29, 0.717) is 11.5 Å². The van der Waals surface area contributed by atoms with Crippen molar-refractivity contribution < 1.29 is 23.8 Å². The predicted octanol–water partition coefficient (Wildman–Crippen LogP) is 3.60. The Hall–Kier alpha value is -3.80. The van der Waals surface area contributed by atoms with E-state index in [1.165, 1.54) is 0 Å². The number of carbonyl (C=O) groups excluding carboxylic acids is 2. The van der Waals surface area contributed by atoms with Gasteiger partial charge in [0.05, 0.1) is 7.11 Å². The fourth-order valence-electron chi connectivity index (χ4n) is 2.87. The zero-order valence-corrected chi connectivity index (χ0v) is 16.7. The number of methoxy groups -OCH3 is 1. The Morgan fingerprint density at radius 3 is 2.23 bits per heavy atom. The molecule has 1 N–H and O–H groups in total. The molecule has 0 unspecified atom stereocenters. The molecular weight excluding hydrogens is 382 g/mol. The lowest BCUT2D eigenvalue weighted by Gasteiger charge is -2.12. The van der Waals surface area contributed by atoms with Crippen LogP contribution in [0, 0.1) is 0 Å². The minimum Gasteiger partial charge on any atom is -0.496 e. The van der Waals surface area contributed by atoms with Crippen LogP contribution < -0.4 is 14.8 Å². The number of nitrogens with one attached hydrogen (secondary N) is 1. The quantitative estimate of drug-likeness (QED) is 0.551. The largest absolute Gasteiger partial charge is 0.496 e. The monoisotopic (exact) mass is 405 g/mol. The Bertz CT molecular complexity index is 988. The summed E-state index contributed by atoms with van der Waals surface area (Å²) in [6.07, 6.45) is 0. The van der Waals surface area contributed by atoms with Gasteiger partial charge >= 0.3 is 5.97 Å². The SMILES string of the molecule is COc1ccccc1CNC(=O)COC(=O)COc1ccccc1-c1ccccc1. The molecule has 3 aromatic rings. The van der Waals surface area contributed by atoms with Crippen LogP contribution in [0.3, 0.4) is 0 Å². The van der Waals surface area contributed by atoms with Gasteiger partial charge in [-0.25, -0.2) is 4.79 Å². The Labute approximate surface area is 175 Å². The minimum atomic E-state index is -0.620. The number of ether oxygens (including phenoxy) is 3. The maximum absolute atomic E-state index is 12.0. The van der Waals surface area contributed by atoms with Crippen molar-refractivity contribution in [3.8, 4) is 22.6 Å². The van der Waals surface area contributed by atoms with E-state index in [9.17, 15) is 9.59 Å². The molecule has 0 aliphatic heterocycles. The lowest BCUT2D eigenvalue weighted by molar-refractivity contribution is -0.150. The zero-order chi connectivity index (χ0) is 21.2. The Morgan fingerprint density at radius 1 is 0.800 bits per heavy atom. The number of carbonyl (C=O) groups is 2. The predicted molar refractivity (Wildman–Crippen MR) is 113 cm³/mol. The molecule has 0 fully saturated rings. The van der Waals surface area contributed by atoms with Gasteiger partial charge in [0.2, 0.25) is 0 Å². The minimum absolute atomic E-state index is 0.279. The third-order valence-corrected chi connectivity index (χ3v) is 4.35. The van der Waals surface area contributed by atoms with Gasteiger partial charge in [0.1, 0.15) is 11.5 Å². The Morgan fingerprint density at radius 2 is 1.47 bits per heavy atom. The summed E-state index contributed by atoms with van der Waals surface area (Å²) in [5.41, 5.74) is 2.69. The number of para-hydroxylation sites is 2. The van der Waals surface area contributed by atoms with Crippen LogP contribution in [0.5, 0.6) is 11.5 Å². The van der Waals surface area contributed by atoms with E-state index in [-0.39, 0.29) is 19.8 Å². The first-order chi connectivity index (χ1) is 14.7. The molecule has 0 aliphatic rings. The third kappa shape index (κ3) is 5.85. The molecule has 0 spiro atoms. The molecule has 6 nitrogen and oxygen atoms in total. The molecule has 154 valence electrons. The van der Waals surface area contributed by atoms with Gasteiger partial charge in [0, 0.05) is 17.7 Å². The van der Waals surface area contributed by atoms with Crippen molar-refractivity contribution >= 4 is 11.9 Å².